The van der Waals surface area contributed by atoms with E-state index in [9.17, 15) is 27.2 Å². The predicted molar refractivity (Wildman–Crippen MR) is 87.1 cm³/mol. The monoisotopic (exact) mass is 407 g/mol. The van der Waals surface area contributed by atoms with Crippen molar-refractivity contribution in [2.45, 2.75) is 38.0 Å². The fourth-order valence-electron chi connectivity index (χ4n) is 2.52. The Bertz CT molecular complexity index is 963. The Morgan fingerprint density at radius 3 is 2.52 bits per heavy atom. The van der Waals surface area contributed by atoms with Gasteiger partial charge < -0.3 is 4.74 Å². The van der Waals surface area contributed by atoms with E-state index in [1.54, 1.807) is 0 Å². The molecule has 1 aromatic carbocycles. The van der Waals surface area contributed by atoms with E-state index in [-0.39, 0.29) is 5.92 Å². The first-order chi connectivity index (χ1) is 12.5. The highest BCUT2D eigenvalue weighted by Gasteiger charge is 2.39. The number of rotatable bonds is 5. The third-order valence-electron chi connectivity index (χ3n) is 4.21. The van der Waals surface area contributed by atoms with Crippen LogP contribution in [0.2, 0.25) is 0 Å². The van der Waals surface area contributed by atoms with Gasteiger partial charge in [0.2, 0.25) is 0 Å². The van der Waals surface area contributed by atoms with Crippen LogP contribution in [0.3, 0.4) is 0 Å². The summed E-state index contributed by atoms with van der Waals surface area (Å²) >= 11 is 5.33. The summed E-state index contributed by atoms with van der Waals surface area (Å²) in [5.41, 5.74) is -1.69. The Morgan fingerprint density at radius 1 is 1.37 bits per heavy atom. The molecule has 1 aliphatic carbocycles. The molecule has 1 atom stereocenters. The van der Waals surface area contributed by atoms with Gasteiger partial charge in [0, 0.05) is 19.0 Å². The average molecular weight is 408 g/mol. The van der Waals surface area contributed by atoms with Crippen LogP contribution < -0.4 is 10.4 Å². The quantitative estimate of drug-likeness (QED) is 0.563. The molecule has 0 bridgehead atoms. The van der Waals surface area contributed by atoms with E-state index in [1.807, 2.05) is 0 Å². The molecule has 1 aliphatic rings. The second-order valence-corrected chi connectivity index (χ2v) is 6.60. The van der Waals surface area contributed by atoms with Gasteiger partial charge in [-0.1, -0.05) is 0 Å². The zero-order valence-corrected chi connectivity index (χ0v) is 14.9. The number of alkyl halides is 3. The van der Waals surface area contributed by atoms with Crippen LogP contribution >= 0.6 is 11.6 Å². The summed E-state index contributed by atoms with van der Waals surface area (Å²) in [6.07, 6.45) is -5.33. The van der Waals surface area contributed by atoms with Crippen molar-refractivity contribution in [3.63, 3.8) is 0 Å². The number of aromatic nitrogens is 3. The van der Waals surface area contributed by atoms with Gasteiger partial charge in [0.1, 0.15) is 23.1 Å². The molecule has 0 saturated heterocycles. The van der Waals surface area contributed by atoms with Crippen LogP contribution in [-0.2, 0) is 7.05 Å². The van der Waals surface area contributed by atoms with Crippen LogP contribution in [-0.4, -0.2) is 31.9 Å². The van der Waals surface area contributed by atoms with Gasteiger partial charge in [-0.2, -0.15) is 17.9 Å². The molecule has 2 aromatic rings. The van der Waals surface area contributed by atoms with Crippen LogP contribution in [0, 0.1) is 5.82 Å². The van der Waals surface area contributed by atoms with Crippen molar-refractivity contribution in [2.75, 3.05) is 0 Å². The number of halogens is 5. The minimum absolute atomic E-state index is 0.0803. The molecule has 1 fully saturated rings. The first-order valence-electron chi connectivity index (χ1n) is 7.93. The Kier molecular flexibility index (Phi) is 4.79. The summed E-state index contributed by atoms with van der Waals surface area (Å²) in [6.45, 7) is 0.726. The van der Waals surface area contributed by atoms with Gasteiger partial charge in [-0.25, -0.2) is 9.18 Å². The van der Waals surface area contributed by atoms with E-state index < -0.39 is 46.0 Å². The van der Waals surface area contributed by atoms with Crippen molar-refractivity contribution < 1.29 is 27.1 Å². The number of hydrogen-bond acceptors (Lipinski definition) is 4. The summed E-state index contributed by atoms with van der Waals surface area (Å²) in [5, 5.41) is 2.88. The number of hydrogen-bond donors (Lipinski definition) is 0. The van der Waals surface area contributed by atoms with Gasteiger partial charge in [0.05, 0.1) is 5.56 Å². The Labute approximate surface area is 155 Å². The third kappa shape index (κ3) is 3.71. The molecule has 0 spiro atoms. The molecule has 0 amide bonds. The summed E-state index contributed by atoms with van der Waals surface area (Å²) in [5.74, 6) is -1.12. The van der Waals surface area contributed by atoms with Crippen molar-refractivity contribution in [1.29, 1.82) is 0 Å². The maximum absolute atomic E-state index is 14.5. The molecule has 3 rings (SSSR count). The van der Waals surface area contributed by atoms with Gasteiger partial charge in [-0.15, -0.1) is 5.10 Å². The van der Waals surface area contributed by atoms with Gasteiger partial charge in [0.15, 0.2) is 6.10 Å². The lowest BCUT2D eigenvalue weighted by Gasteiger charge is -2.19. The molecule has 1 heterocycles. The van der Waals surface area contributed by atoms with Crippen molar-refractivity contribution >= 4 is 16.8 Å². The minimum atomic E-state index is -4.72. The highest BCUT2D eigenvalue weighted by atomic mass is 35.5. The molecule has 146 valence electrons. The molecule has 1 aromatic heterocycles. The third-order valence-corrected chi connectivity index (χ3v) is 4.41. The lowest BCUT2D eigenvalue weighted by molar-refractivity contribution is -0.189. The van der Waals surface area contributed by atoms with Crippen LogP contribution in [0.4, 0.5) is 17.6 Å². The van der Waals surface area contributed by atoms with Crippen molar-refractivity contribution in [3.05, 3.63) is 39.8 Å². The zero-order chi connectivity index (χ0) is 20.1. The lowest BCUT2D eigenvalue weighted by atomic mass is 10.2. The lowest BCUT2D eigenvalue weighted by Crippen LogP contribution is -2.31. The Morgan fingerprint density at radius 2 is 2.00 bits per heavy atom. The predicted octanol–water partition coefficient (Wildman–Crippen LogP) is 3.30. The molecular weight excluding hydrogens is 394 g/mol. The van der Waals surface area contributed by atoms with E-state index in [4.69, 9.17) is 16.3 Å². The fraction of sp³-hybridized carbons (Fsp3) is 0.438. The Balaban J connectivity index is 2.12. The number of benzene rings is 1. The number of carbonyl (C=O) groups is 1. The van der Waals surface area contributed by atoms with E-state index in [0.717, 1.165) is 30.5 Å². The normalized spacial score (nSPS) is 15.7. The molecule has 1 saturated carbocycles. The van der Waals surface area contributed by atoms with Crippen LogP contribution in [0.15, 0.2) is 16.9 Å². The largest absolute Gasteiger partial charge is 0.480 e. The van der Waals surface area contributed by atoms with Gasteiger partial charge in [-0.3, -0.25) is 9.36 Å². The van der Waals surface area contributed by atoms with E-state index >= 15 is 0 Å². The number of nitrogens with zero attached hydrogens (tertiary/aromatic N) is 3. The molecular formula is C16H14ClF4N3O3. The van der Waals surface area contributed by atoms with Crippen LogP contribution in [0.25, 0.3) is 5.69 Å². The summed E-state index contributed by atoms with van der Waals surface area (Å²) < 4.78 is 59.6. The summed E-state index contributed by atoms with van der Waals surface area (Å²) in [4.78, 5) is 23.8. The van der Waals surface area contributed by atoms with Crippen molar-refractivity contribution in [1.82, 2.24) is 14.3 Å². The summed E-state index contributed by atoms with van der Waals surface area (Å²) in [7, 11) is 1.47. The molecule has 0 aliphatic heterocycles. The van der Waals surface area contributed by atoms with Crippen LogP contribution in [0.5, 0.6) is 5.75 Å². The second-order valence-electron chi connectivity index (χ2n) is 6.26. The highest BCUT2D eigenvalue weighted by Crippen LogP contribution is 2.38. The molecule has 6 nitrogen and oxygen atoms in total. The molecule has 0 N–H and O–H groups in total. The van der Waals surface area contributed by atoms with E-state index in [1.165, 1.54) is 11.6 Å². The smallest absolute Gasteiger partial charge is 0.425 e. The highest BCUT2D eigenvalue weighted by molar-refractivity contribution is 6.68. The SMILES string of the molecule is CC(Oc1cc(-n2nc(C3CC3)n(C)c2=O)c(F)cc1C(=O)Cl)C(F)(F)F. The minimum Gasteiger partial charge on any atom is -0.480 e. The molecule has 1 unspecified atom stereocenters. The maximum atomic E-state index is 14.5. The molecule has 0 radical (unpaired) electrons. The van der Waals surface area contributed by atoms with Crippen LogP contribution in [0.1, 0.15) is 41.9 Å². The van der Waals surface area contributed by atoms with Crippen molar-refractivity contribution in [2.24, 2.45) is 7.05 Å². The van der Waals surface area contributed by atoms with Crippen molar-refractivity contribution in [3.8, 4) is 11.4 Å². The fourth-order valence-corrected chi connectivity index (χ4v) is 2.67. The average Bonchev–Trinajstić information content (AvgIpc) is 3.36. The van der Waals surface area contributed by atoms with Gasteiger partial charge >= 0.3 is 11.9 Å². The standard InChI is InChI=1S/C16H14ClF4N3O3/c1-7(16(19,20)21)27-12-6-11(10(18)5-9(12)13(17)25)24-15(26)23(2)14(22-24)8-3-4-8/h5-8H,3-4H2,1-2H3. The van der Waals surface area contributed by atoms with Gasteiger partial charge in [0.25, 0.3) is 5.24 Å². The van der Waals surface area contributed by atoms with E-state index in [0.29, 0.717) is 11.9 Å². The molecule has 27 heavy (non-hydrogen) atoms. The molecule has 11 heteroatoms. The first-order valence-corrected chi connectivity index (χ1v) is 8.31. The first kappa shape index (κ1) is 19.4. The maximum Gasteiger partial charge on any atom is 0.425 e. The van der Waals surface area contributed by atoms with E-state index in [2.05, 4.69) is 5.10 Å². The number of carbonyl (C=O) groups excluding carboxylic acids is 1. The Hall–Kier alpha value is -2.36. The van der Waals surface area contributed by atoms with Gasteiger partial charge in [-0.05, 0) is 37.4 Å². The summed E-state index contributed by atoms with van der Waals surface area (Å²) in [6, 6.07) is 1.44. The zero-order valence-electron chi connectivity index (χ0n) is 14.2. The second kappa shape index (κ2) is 6.66. The number of ether oxygens (including phenoxy) is 1. The topological polar surface area (TPSA) is 66.1 Å².